The number of rotatable bonds is 4. The maximum Gasteiger partial charge on any atom is 0.125 e. The molecule has 3 heteroatoms. The Morgan fingerprint density at radius 3 is 2.67 bits per heavy atom. The molecule has 0 radical (unpaired) electrons. The van der Waals surface area contributed by atoms with E-state index in [1.807, 2.05) is 17.2 Å². The molecule has 1 heterocycles. The predicted molar refractivity (Wildman–Crippen MR) is 68.0 cm³/mol. The van der Waals surface area contributed by atoms with Gasteiger partial charge in [0.15, 0.2) is 0 Å². The number of nitrogens with zero attached hydrogens (tertiary/aromatic N) is 1. The first-order valence-electron chi connectivity index (χ1n) is 6.68. The molecule has 0 aromatic heterocycles. The van der Waals surface area contributed by atoms with Crippen LogP contribution in [0.4, 0.5) is 4.39 Å². The fourth-order valence-corrected chi connectivity index (χ4v) is 2.48. The van der Waals surface area contributed by atoms with Gasteiger partial charge >= 0.3 is 0 Å². The van der Waals surface area contributed by atoms with Crippen LogP contribution in [0.2, 0.25) is 0 Å². The summed E-state index contributed by atoms with van der Waals surface area (Å²) >= 11 is 0. The molecule has 18 heavy (non-hydrogen) atoms. The van der Waals surface area contributed by atoms with Gasteiger partial charge in [-0.1, -0.05) is 19.1 Å². The lowest BCUT2D eigenvalue weighted by Gasteiger charge is -2.26. The van der Waals surface area contributed by atoms with E-state index < -0.39 is 0 Å². The fraction of sp³-hybridized carbons (Fsp3) is 0.467. The van der Waals surface area contributed by atoms with Crippen molar-refractivity contribution >= 4 is 0 Å². The SMILES string of the molecule is CCC(c1ccc(F)cc1)N1CC=C(C2CC2)O1. The van der Waals surface area contributed by atoms with Gasteiger partial charge in [0.2, 0.25) is 0 Å². The minimum absolute atomic E-state index is 0.187. The zero-order chi connectivity index (χ0) is 12.5. The molecule has 2 aliphatic rings. The van der Waals surface area contributed by atoms with Crippen LogP contribution in [0, 0.1) is 11.7 Å². The number of halogens is 1. The third kappa shape index (κ3) is 2.27. The van der Waals surface area contributed by atoms with Gasteiger partial charge in [-0.25, -0.2) is 4.39 Å². The topological polar surface area (TPSA) is 12.5 Å². The van der Waals surface area contributed by atoms with Gasteiger partial charge in [0.25, 0.3) is 0 Å². The van der Waals surface area contributed by atoms with Crippen molar-refractivity contribution < 1.29 is 9.23 Å². The predicted octanol–water partition coefficient (Wildman–Crippen LogP) is 3.82. The lowest BCUT2D eigenvalue weighted by atomic mass is 10.0. The Kier molecular flexibility index (Phi) is 3.08. The summed E-state index contributed by atoms with van der Waals surface area (Å²) in [4.78, 5) is 5.92. The first-order chi connectivity index (χ1) is 8.78. The molecule has 1 aliphatic heterocycles. The van der Waals surface area contributed by atoms with Gasteiger partial charge < -0.3 is 4.84 Å². The molecular formula is C15H18FNO. The highest BCUT2D eigenvalue weighted by atomic mass is 19.1. The lowest BCUT2D eigenvalue weighted by molar-refractivity contribution is -0.131. The average Bonchev–Trinajstić information content (AvgIpc) is 3.13. The summed E-state index contributed by atoms with van der Waals surface area (Å²) in [6, 6.07) is 6.94. The molecule has 2 nitrogen and oxygen atoms in total. The summed E-state index contributed by atoms with van der Waals surface area (Å²) in [6.45, 7) is 2.97. The summed E-state index contributed by atoms with van der Waals surface area (Å²) in [5.74, 6) is 1.60. The highest BCUT2D eigenvalue weighted by Gasteiger charge is 2.34. The summed E-state index contributed by atoms with van der Waals surface area (Å²) in [5, 5.41) is 2.01. The van der Waals surface area contributed by atoms with Crippen LogP contribution in [0.25, 0.3) is 0 Å². The van der Waals surface area contributed by atoms with Gasteiger partial charge in [0, 0.05) is 5.92 Å². The summed E-state index contributed by atoms with van der Waals surface area (Å²) in [7, 11) is 0. The zero-order valence-electron chi connectivity index (χ0n) is 10.6. The van der Waals surface area contributed by atoms with E-state index >= 15 is 0 Å². The van der Waals surface area contributed by atoms with E-state index in [9.17, 15) is 4.39 Å². The Hall–Kier alpha value is -1.35. The van der Waals surface area contributed by atoms with Crippen LogP contribution in [0.15, 0.2) is 36.1 Å². The van der Waals surface area contributed by atoms with Gasteiger partial charge in [0.1, 0.15) is 11.6 Å². The fourth-order valence-electron chi connectivity index (χ4n) is 2.48. The summed E-state index contributed by atoms with van der Waals surface area (Å²) in [6.07, 6.45) is 5.65. The van der Waals surface area contributed by atoms with Crippen LogP contribution >= 0.6 is 0 Å². The third-order valence-electron chi connectivity index (χ3n) is 3.66. The molecule has 0 N–H and O–H groups in total. The Labute approximate surface area is 107 Å². The number of benzene rings is 1. The molecule has 1 aromatic carbocycles. The summed E-state index contributed by atoms with van der Waals surface area (Å²) < 4.78 is 13.0. The van der Waals surface area contributed by atoms with Gasteiger partial charge in [-0.05, 0) is 43.0 Å². The van der Waals surface area contributed by atoms with Crippen molar-refractivity contribution in [2.75, 3.05) is 6.54 Å². The molecule has 0 amide bonds. The van der Waals surface area contributed by atoms with Crippen LogP contribution in [-0.2, 0) is 4.84 Å². The van der Waals surface area contributed by atoms with E-state index in [4.69, 9.17) is 4.84 Å². The number of hydrogen-bond acceptors (Lipinski definition) is 2. The van der Waals surface area contributed by atoms with E-state index in [1.165, 1.54) is 25.0 Å². The molecule has 1 saturated carbocycles. The van der Waals surface area contributed by atoms with Crippen LogP contribution in [0.1, 0.15) is 37.8 Å². The second-order valence-corrected chi connectivity index (χ2v) is 5.05. The lowest BCUT2D eigenvalue weighted by Crippen LogP contribution is -2.25. The van der Waals surface area contributed by atoms with E-state index in [1.54, 1.807) is 0 Å². The monoisotopic (exact) mass is 247 g/mol. The number of hydrogen-bond donors (Lipinski definition) is 0. The van der Waals surface area contributed by atoms with E-state index in [2.05, 4.69) is 13.0 Å². The van der Waals surface area contributed by atoms with Crippen molar-refractivity contribution in [3.8, 4) is 0 Å². The van der Waals surface area contributed by atoms with Gasteiger partial charge in [0.05, 0.1) is 12.6 Å². The minimum Gasteiger partial charge on any atom is -0.410 e. The first kappa shape index (κ1) is 11.7. The Morgan fingerprint density at radius 1 is 1.33 bits per heavy atom. The van der Waals surface area contributed by atoms with E-state index in [-0.39, 0.29) is 11.9 Å². The normalized spacial score (nSPS) is 21.6. The summed E-state index contributed by atoms with van der Waals surface area (Å²) in [5.41, 5.74) is 1.12. The van der Waals surface area contributed by atoms with Crippen LogP contribution in [-0.4, -0.2) is 11.6 Å². The van der Waals surface area contributed by atoms with Crippen LogP contribution < -0.4 is 0 Å². The molecule has 0 saturated heterocycles. The molecule has 1 aliphatic carbocycles. The smallest absolute Gasteiger partial charge is 0.125 e. The minimum atomic E-state index is -0.187. The van der Waals surface area contributed by atoms with Crippen LogP contribution in [0.3, 0.4) is 0 Å². The molecule has 1 atom stereocenters. The Morgan fingerprint density at radius 2 is 2.06 bits per heavy atom. The standard InChI is InChI=1S/C15H18FNO/c1-2-14(11-5-7-13(16)8-6-11)17-10-9-15(18-17)12-3-4-12/h5-9,12,14H,2-4,10H2,1H3. The second-order valence-electron chi connectivity index (χ2n) is 5.05. The van der Waals surface area contributed by atoms with Gasteiger partial charge in [-0.15, -0.1) is 5.06 Å². The molecule has 96 valence electrons. The second kappa shape index (κ2) is 4.73. The Bertz CT molecular complexity index is 450. The van der Waals surface area contributed by atoms with Gasteiger partial charge in [-0.2, -0.15) is 0 Å². The quantitative estimate of drug-likeness (QED) is 0.802. The van der Waals surface area contributed by atoms with E-state index in [0.717, 1.165) is 24.3 Å². The van der Waals surface area contributed by atoms with Crippen LogP contribution in [0.5, 0.6) is 0 Å². The highest BCUT2D eigenvalue weighted by molar-refractivity contribution is 5.21. The maximum absolute atomic E-state index is 13.0. The number of allylic oxidation sites excluding steroid dienone is 1. The molecular weight excluding hydrogens is 229 g/mol. The first-order valence-corrected chi connectivity index (χ1v) is 6.68. The van der Waals surface area contributed by atoms with Crippen molar-refractivity contribution in [2.24, 2.45) is 5.92 Å². The molecule has 0 bridgehead atoms. The van der Waals surface area contributed by atoms with Crippen molar-refractivity contribution in [3.63, 3.8) is 0 Å². The van der Waals surface area contributed by atoms with Crippen molar-refractivity contribution in [1.29, 1.82) is 0 Å². The van der Waals surface area contributed by atoms with Gasteiger partial charge in [-0.3, -0.25) is 0 Å². The average molecular weight is 247 g/mol. The zero-order valence-corrected chi connectivity index (χ0v) is 10.6. The highest BCUT2D eigenvalue weighted by Crippen LogP contribution is 2.41. The van der Waals surface area contributed by atoms with Crippen molar-refractivity contribution in [1.82, 2.24) is 5.06 Å². The maximum atomic E-state index is 13.0. The largest absolute Gasteiger partial charge is 0.410 e. The molecule has 1 unspecified atom stereocenters. The Balaban J connectivity index is 1.71. The molecule has 1 aromatic rings. The number of hydroxylamine groups is 2. The van der Waals surface area contributed by atoms with Crippen molar-refractivity contribution in [2.45, 2.75) is 32.2 Å². The molecule has 0 spiro atoms. The molecule has 3 rings (SSSR count). The van der Waals surface area contributed by atoms with Crippen molar-refractivity contribution in [3.05, 3.63) is 47.5 Å². The molecule has 1 fully saturated rings. The third-order valence-corrected chi connectivity index (χ3v) is 3.66. The van der Waals surface area contributed by atoms with E-state index in [0.29, 0.717) is 5.92 Å².